The fourth-order valence-corrected chi connectivity index (χ4v) is 6.89. The van der Waals surface area contributed by atoms with Crippen molar-refractivity contribution in [2.24, 2.45) is 0 Å². The van der Waals surface area contributed by atoms with Crippen LogP contribution in [-0.2, 0) is 6.42 Å². The highest BCUT2D eigenvalue weighted by Crippen LogP contribution is 2.41. The Labute approximate surface area is 286 Å². The second-order valence-electron chi connectivity index (χ2n) is 12.4. The Morgan fingerprint density at radius 1 is 0.286 bits per heavy atom. The van der Waals surface area contributed by atoms with Gasteiger partial charge in [-0.25, -0.2) is 15.0 Å². The summed E-state index contributed by atoms with van der Waals surface area (Å²) in [6, 6.07) is 61.8. The molecule has 0 bridgehead atoms. The summed E-state index contributed by atoms with van der Waals surface area (Å²) in [6.07, 6.45) is 0.859. The van der Waals surface area contributed by atoms with Gasteiger partial charge in [-0.15, -0.1) is 0 Å². The molecule has 0 spiro atoms. The minimum atomic E-state index is 0.656. The molecular formula is C46H31N3. The van der Waals surface area contributed by atoms with Gasteiger partial charge in [0.15, 0.2) is 17.5 Å². The second-order valence-corrected chi connectivity index (χ2v) is 12.4. The van der Waals surface area contributed by atoms with E-state index < -0.39 is 0 Å². The van der Waals surface area contributed by atoms with Crippen molar-refractivity contribution in [2.75, 3.05) is 0 Å². The van der Waals surface area contributed by atoms with Gasteiger partial charge in [0.1, 0.15) is 0 Å². The predicted octanol–water partition coefficient (Wildman–Crippen LogP) is 11.4. The molecule has 3 nitrogen and oxygen atoms in total. The molecule has 0 amide bonds. The van der Waals surface area contributed by atoms with E-state index in [0.717, 1.165) is 39.8 Å². The summed E-state index contributed by atoms with van der Waals surface area (Å²) in [6.45, 7) is 0. The van der Waals surface area contributed by atoms with Crippen molar-refractivity contribution in [2.45, 2.75) is 6.42 Å². The molecule has 1 heterocycles. The van der Waals surface area contributed by atoms with Crippen molar-refractivity contribution in [1.29, 1.82) is 0 Å². The second kappa shape index (κ2) is 12.3. The average molecular weight is 626 g/mol. The Morgan fingerprint density at radius 3 is 1.39 bits per heavy atom. The molecule has 1 aliphatic carbocycles. The summed E-state index contributed by atoms with van der Waals surface area (Å²) in [7, 11) is 0. The van der Waals surface area contributed by atoms with E-state index in [1.807, 2.05) is 12.1 Å². The molecule has 7 aromatic carbocycles. The molecule has 3 heteroatoms. The molecule has 0 atom stereocenters. The zero-order chi connectivity index (χ0) is 32.6. The highest BCUT2D eigenvalue weighted by atomic mass is 15.0. The third kappa shape index (κ3) is 5.52. The predicted molar refractivity (Wildman–Crippen MR) is 201 cm³/mol. The van der Waals surface area contributed by atoms with Crippen molar-refractivity contribution >= 4 is 0 Å². The van der Waals surface area contributed by atoms with Crippen molar-refractivity contribution in [3.05, 3.63) is 187 Å². The van der Waals surface area contributed by atoms with E-state index in [4.69, 9.17) is 15.0 Å². The largest absolute Gasteiger partial charge is 0.208 e. The van der Waals surface area contributed by atoms with Crippen LogP contribution in [0.15, 0.2) is 176 Å². The summed E-state index contributed by atoms with van der Waals surface area (Å²) >= 11 is 0. The van der Waals surface area contributed by atoms with Crippen LogP contribution in [0.4, 0.5) is 0 Å². The van der Waals surface area contributed by atoms with Crippen LogP contribution in [0, 0.1) is 0 Å². The minimum absolute atomic E-state index is 0.656. The smallest absolute Gasteiger partial charge is 0.164 e. The monoisotopic (exact) mass is 625 g/mol. The molecule has 0 unspecified atom stereocenters. The number of benzene rings is 7. The molecule has 1 aliphatic rings. The van der Waals surface area contributed by atoms with Gasteiger partial charge in [-0.05, 0) is 68.1 Å². The van der Waals surface area contributed by atoms with E-state index in [1.165, 1.54) is 38.9 Å². The molecule has 0 fully saturated rings. The molecule has 0 saturated carbocycles. The Balaban J connectivity index is 1.14. The lowest BCUT2D eigenvalue weighted by Gasteiger charge is -2.12. The zero-order valence-corrected chi connectivity index (χ0v) is 26.8. The standard InChI is InChI=1S/C46H31N3/c1-3-11-31(12-4-1)33-21-23-35(24-22-33)37-16-9-17-39(29-37)45-47-44(36-27-25-34(26-28-36)32-13-5-2-6-14-32)48-46(49-45)42-20-10-19-41-40-18-8-7-15-38(40)30-43(41)42/h1-29H,30H2. The van der Waals surface area contributed by atoms with E-state index in [0.29, 0.717) is 17.5 Å². The van der Waals surface area contributed by atoms with Crippen LogP contribution in [-0.4, -0.2) is 15.0 Å². The summed E-state index contributed by atoms with van der Waals surface area (Å²) in [4.78, 5) is 15.4. The maximum atomic E-state index is 5.17. The molecule has 0 N–H and O–H groups in total. The molecule has 8 aromatic rings. The lowest BCUT2D eigenvalue weighted by atomic mass is 9.99. The number of aromatic nitrogens is 3. The zero-order valence-electron chi connectivity index (χ0n) is 26.8. The lowest BCUT2D eigenvalue weighted by Crippen LogP contribution is -2.02. The number of hydrogen-bond donors (Lipinski definition) is 0. The van der Waals surface area contributed by atoms with Crippen molar-refractivity contribution in [3.8, 4) is 78.7 Å². The minimum Gasteiger partial charge on any atom is -0.208 e. The molecule has 0 saturated heterocycles. The Morgan fingerprint density at radius 2 is 0.714 bits per heavy atom. The van der Waals surface area contributed by atoms with Gasteiger partial charge in [0.25, 0.3) is 0 Å². The van der Waals surface area contributed by atoms with Crippen LogP contribution in [0.1, 0.15) is 11.1 Å². The highest BCUT2D eigenvalue weighted by molar-refractivity contribution is 5.84. The molecule has 0 aliphatic heterocycles. The van der Waals surface area contributed by atoms with Gasteiger partial charge in [-0.2, -0.15) is 0 Å². The van der Waals surface area contributed by atoms with Gasteiger partial charge in [0, 0.05) is 16.7 Å². The summed E-state index contributed by atoms with van der Waals surface area (Å²) < 4.78 is 0. The van der Waals surface area contributed by atoms with Gasteiger partial charge in [-0.1, -0.05) is 170 Å². The van der Waals surface area contributed by atoms with Gasteiger partial charge in [0.05, 0.1) is 0 Å². The van der Waals surface area contributed by atoms with E-state index in [9.17, 15) is 0 Å². The van der Waals surface area contributed by atoms with E-state index in [-0.39, 0.29) is 0 Å². The van der Waals surface area contributed by atoms with Crippen molar-refractivity contribution < 1.29 is 0 Å². The number of fused-ring (bicyclic) bond motifs is 3. The van der Waals surface area contributed by atoms with Gasteiger partial charge in [0.2, 0.25) is 0 Å². The number of hydrogen-bond acceptors (Lipinski definition) is 3. The van der Waals surface area contributed by atoms with Gasteiger partial charge >= 0.3 is 0 Å². The van der Waals surface area contributed by atoms with E-state index >= 15 is 0 Å². The average Bonchev–Trinajstić information content (AvgIpc) is 3.58. The third-order valence-electron chi connectivity index (χ3n) is 9.42. The summed E-state index contributed by atoms with van der Waals surface area (Å²) in [5, 5.41) is 0. The quantitative estimate of drug-likeness (QED) is 0.185. The Hall–Kier alpha value is -6.45. The fraction of sp³-hybridized carbons (Fsp3) is 0.0217. The van der Waals surface area contributed by atoms with Crippen LogP contribution in [0.25, 0.3) is 78.7 Å². The molecule has 0 radical (unpaired) electrons. The number of nitrogens with zero attached hydrogens (tertiary/aromatic N) is 3. The highest BCUT2D eigenvalue weighted by Gasteiger charge is 2.23. The normalized spacial score (nSPS) is 11.6. The topological polar surface area (TPSA) is 38.7 Å². The van der Waals surface area contributed by atoms with Crippen LogP contribution < -0.4 is 0 Å². The summed E-state index contributed by atoms with van der Waals surface area (Å²) in [5.41, 5.74) is 15.1. The SMILES string of the molecule is c1ccc(-c2ccc(-c3cccc(-c4nc(-c5ccc(-c6ccccc6)cc5)nc(-c5cccc6c5Cc5ccccc5-6)n4)c3)cc2)cc1. The van der Waals surface area contributed by atoms with Crippen molar-refractivity contribution in [3.63, 3.8) is 0 Å². The fourth-order valence-electron chi connectivity index (χ4n) is 6.89. The number of rotatable bonds is 6. The molecular weight excluding hydrogens is 595 g/mol. The van der Waals surface area contributed by atoms with Gasteiger partial charge < -0.3 is 0 Å². The van der Waals surface area contributed by atoms with Crippen LogP contribution >= 0.6 is 0 Å². The first-order valence-corrected chi connectivity index (χ1v) is 16.7. The maximum absolute atomic E-state index is 5.17. The molecule has 230 valence electrons. The first-order chi connectivity index (χ1) is 24.3. The Kier molecular flexibility index (Phi) is 7.21. The lowest BCUT2D eigenvalue weighted by molar-refractivity contribution is 1.07. The first-order valence-electron chi connectivity index (χ1n) is 16.7. The van der Waals surface area contributed by atoms with Crippen LogP contribution in [0.2, 0.25) is 0 Å². The first kappa shape index (κ1) is 28.7. The molecule has 9 rings (SSSR count). The van der Waals surface area contributed by atoms with Crippen molar-refractivity contribution in [1.82, 2.24) is 15.0 Å². The molecule has 1 aromatic heterocycles. The summed E-state index contributed by atoms with van der Waals surface area (Å²) in [5.74, 6) is 2.00. The van der Waals surface area contributed by atoms with Crippen LogP contribution in [0.5, 0.6) is 0 Å². The maximum Gasteiger partial charge on any atom is 0.164 e. The van der Waals surface area contributed by atoms with Gasteiger partial charge in [-0.3, -0.25) is 0 Å². The molecule has 49 heavy (non-hydrogen) atoms. The Bertz CT molecular complexity index is 2430. The van der Waals surface area contributed by atoms with E-state index in [1.54, 1.807) is 0 Å². The van der Waals surface area contributed by atoms with E-state index in [2.05, 4.69) is 164 Å². The third-order valence-corrected chi connectivity index (χ3v) is 9.42. The van der Waals surface area contributed by atoms with Crippen LogP contribution in [0.3, 0.4) is 0 Å².